The highest BCUT2D eigenvalue weighted by molar-refractivity contribution is 5.85. The molecule has 0 saturated heterocycles. The molecule has 0 aromatic heterocycles. The number of methoxy groups -OCH3 is 1. The van der Waals surface area contributed by atoms with E-state index in [9.17, 15) is 0 Å². The molecule has 0 N–H and O–H groups in total. The largest absolute Gasteiger partial charge is 0.497 e. The van der Waals surface area contributed by atoms with Crippen LogP contribution in [0.25, 0.3) is 0 Å². The standard InChI is InChI=1S/C20H21NO3/c1-4-12-23-19-9-6-16(20(14-19)24-13-5-2)15-21-17-7-10-18(22-3)11-8-17/h4-11,14-15H,1-2,12-13H2,3H3. The average Bonchev–Trinajstić information content (AvgIpc) is 2.64. The van der Waals surface area contributed by atoms with E-state index in [1.165, 1.54) is 0 Å². The molecule has 0 aliphatic rings. The molecular formula is C20H21NO3. The van der Waals surface area contributed by atoms with Gasteiger partial charge in [0.1, 0.15) is 30.5 Å². The van der Waals surface area contributed by atoms with Crippen molar-refractivity contribution in [2.75, 3.05) is 20.3 Å². The maximum Gasteiger partial charge on any atom is 0.132 e. The van der Waals surface area contributed by atoms with Crippen molar-refractivity contribution in [1.82, 2.24) is 0 Å². The van der Waals surface area contributed by atoms with Crippen LogP contribution in [0.1, 0.15) is 5.56 Å². The Bertz CT molecular complexity index is 705. The van der Waals surface area contributed by atoms with Gasteiger partial charge in [-0.15, -0.1) is 0 Å². The van der Waals surface area contributed by atoms with Crippen molar-refractivity contribution in [2.24, 2.45) is 4.99 Å². The lowest BCUT2D eigenvalue weighted by molar-refractivity contribution is 0.344. The number of hydrogen-bond donors (Lipinski definition) is 0. The van der Waals surface area contributed by atoms with Gasteiger partial charge in [-0.05, 0) is 36.4 Å². The van der Waals surface area contributed by atoms with Crippen LogP contribution in [0.2, 0.25) is 0 Å². The van der Waals surface area contributed by atoms with Crippen LogP contribution in [-0.2, 0) is 0 Å². The first-order valence-corrected chi connectivity index (χ1v) is 7.56. The lowest BCUT2D eigenvalue weighted by atomic mass is 10.2. The summed E-state index contributed by atoms with van der Waals surface area (Å²) < 4.78 is 16.4. The molecular weight excluding hydrogens is 302 g/mol. The van der Waals surface area contributed by atoms with Crippen LogP contribution in [0, 0.1) is 0 Å². The third-order valence-electron chi connectivity index (χ3n) is 3.13. The van der Waals surface area contributed by atoms with Crippen molar-refractivity contribution >= 4 is 11.9 Å². The second-order valence-corrected chi connectivity index (χ2v) is 4.86. The highest BCUT2D eigenvalue weighted by Crippen LogP contribution is 2.25. The Morgan fingerprint density at radius 2 is 1.58 bits per heavy atom. The highest BCUT2D eigenvalue weighted by Gasteiger charge is 2.04. The zero-order chi connectivity index (χ0) is 17.2. The fourth-order valence-corrected chi connectivity index (χ4v) is 1.95. The molecule has 0 saturated carbocycles. The summed E-state index contributed by atoms with van der Waals surface area (Å²) in [5.41, 5.74) is 1.69. The molecule has 0 heterocycles. The van der Waals surface area contributed by atoms with Gasteiger partial charge in [0, 0.05) is 17.8 Å². The van der Waals surface area contributed by atoms with Crippen molar-refractivity contribution in [3.63, 3.8) is 0 Å². The van der Waals surface area contributed by atoms with E-state index in [0.717, 1.165) is 22.7 Å². The highest BCUT2D eigenvalue weighted by atomic mass is 16.5. The summed E-state index contributed by atoms with van der Waals surface area (Å²) in [5, 5.41) is 0. The van der Waals surface area contributed by atoms with Crippen molar-refractivity contribution in [3.8, 4) is 17.2 Å². The van der Waals surface area contributed by atoms with E-state index in [0.29, 0.717) is 19.0 Å². The maximum absolute atomic E-state index is 5.70. The van der Waals surface area contributed by atoms with Gasteiger partial charge >= 0.3 is 0 Å². The molecule has 124 valence electrons. The van der Waals surface area contributed by atoms with Gasteiger partial charge in [-0.3, -0.25) is 4.99 Å². The number of benzene rings is 2. The van der Waals surface area contributed by atoms with Crippen molar-refractivity contribution < 1.29 is 14.2 Å². The Morgan fingerprint density at radius 1 is 0.917 bits per heavy atom. The summed E-state index contributed by atoms with van der Waals surface area (Å²) >= 11 is 0. The molecule has 0 fully saturated rings. The molecule has 4 nitrogen and oxygen atoms in total. The van der Waals surface area contributed by atoms with Gasteiger partial charge in [-0.2, -0.15) is 0 Å². The number of ether oxygens (including phenoxy) is 3. The smallest absolute Gasteiger partial charge is 0.132 e. The predicted molar refractivity (Wildman–Crippen MR) is 98.1 cm³/mol. The Kier molecular flexibility index (Phi) is 6.65. The Balaban J connectivity index is 2.20. The van der Waals surface area contributed by atoms with Crippen molar-refractivity contribution in [1.29, 1.82) is 0 Å². The summed E-state index contributed by atoms with van der Waals surface area (Å²) in [5.74, 6) is 2.21. The molecule has 0 atom stereocenters. The minimum atomic E-state index is 0.411. The molecule has 24 heavy (non-hydrogen) atoms. The molecule has 0 unspecified atom stereocenters. The lowest BCUT2D eigenvalue weighted by Gasteiger charge is -2.10. The summed E-state index contributed by atoms with van der Waals surface area (Å²) in [6.45, 7) is 8.17. The van der Waals surface area contributed by atoms with Gasteiger partial charge in [0.05, 0.1) is 12.8 Å². The van der Waals surface area contributed by atoms with E-state index in [2.05, 4.69) is 18.2 Å². The van der Waals surface area contributed by atoms with Crippen LogP contribution in [-0.4, -0.2) is 26.5 Å². The third kappa shape index (κ3) is 5.02. The van der Waals surface area contributed by atoms with E-state index in [-0.39, 0.29) is 0 Å². The molecule has 4 heteroatoms. The van der Waals surface area contributed by atoms with E-state index in [1.807, 2.05) is 42.5 Å². The SMILES string of the molecule is C=CCOc1ccc(C=Nc2ccc(OC)cc2)c(OCC=C)c1. The van der Waals surface area contributed by atoms with Crippen molar-refractivity contribution in [3.05, 3.63) is 73.3 Å². The van der Waals surface area contributed by atoms with Crippen LogP contribution in [0.4, 0.5) is 5.69 Å². The summed E-state index contributed by atoms with van der Waals surface area (Å²) in [6, 6.07) is 13.1. The van der Waals surface area contributed by atoms with Crippen LogP contribution in [0.15, 0.2) is 72.8 Å². The van der Waals surface area contributed by atoms with E-state index < -0.39 is 0 Å². The summed E-state index contributed by atoms with van der Waals surface area (Å²) in [4.78, 5) is 4.47. The lowest BCUT2D eigenvalue weighted by Crippen LogP contribution is -1.99. The minimum Gasteiger partial charge on any atom is -0.497 e. The number of nitrogens with zero attached hydrogens (tertiary/aromatic N) is 1. The van der Waals surface area contributed by atoms with Crippen LogP contribution >= 0.6 is 0 Å². The summed E-state index contributed by atoms with van der Waals surface area (Å²) in [6.07, 6.45) is 5.16. The number of hydrogen-bond acceptors (Lipinski definition) is 4. The van der Waals surface area contributed by atoms with Crippen LogP contribution < -0.4 is 14.2 Å². The zero-order valence-corrected chi connectivity index (χ0v) is 13.8. The van der Waals surface area contributed by atoms with Gasteiger partial charge < -0.3 is 14.2 Å². The van der Waals surface area contributed by atoms with Gasteiger partial charge in [0.15, 0.2) is 0 Å². The van der Waals surface area contributed by atoms with Crippen molar-refractivity contribution in [2.45, 2.75) is 0 Å². The molecule has 2 aromatic carbocycles. The van der Waals surface area contributed by atoms with E-state index >= 15 is 0 Å². The summed E-state index contributed by atoms with van der Waals surface area (Å²) in [7, 11) is 1.64. The first-order valence-electron chi connectivity index (χ1n) is 7.56. The van der Waals surface area contributed by atoms with Gasteiger partial charge in [0.25, 0.3) is 0 Å². The minimum absolute atomic E-state index is 0.411. The van der Waals surface area contributed by atoms with Gasteiger partial charge in [0.2, 0.25) is 0 Å². The Labute approximate surface area is 142 Å². The fourth-order valence-electron chi connectivity index (χ4n) is 1.95. The third-order valence-corrected chi connectivity index (χ3v) is 3.13. The normalized spacial score (nSPS) is 10.4. The molecule has 0 aliphatic heterocycles. The first kappa shape index (κ1) is 17.3. The number of aliphatic imine (C=N–C) groups is 1. The zero-order valence-electron chi connectivity index (χ0n) is 13.8. The monoisotopic (exact) mass is 323 g/mol. The fraction of sp³-hybridized carbons (Fsp3) is 0.150. The molecule has 0 amide bonds. The molecule has 0 bridgehead atoms. The van der Waals surface area contributed by atoms with Gasteiger partial charge in [-0.1, -0.05) is 25.3 Å². The second-order valence-electron chi connectivity index (χ2n) is 4.86. The molecule has 0 aliphatic carbocycles. The topological polar surface area (TPSA) is 40.0 Å². The quantitative estimate of drug-likeness (QED) is 0.501. The Hall–Kier alpha value is -3.01. The molecule has 0 radical (unpaired) electrons. The Morgan fingerprint density at radius 3 is 2.25 bits per heavy atom. The first-order chi connectivity index (χ1) is 11.8. The predicted octanol–water partition coefficient (Wildman–Crippen LogP) is 4.58. The van der Waals surface area contributed by atoms with Crippen LogP contribution in [0.3, 0.4) is 0 Å². The second kappa shape index (κ2) is 9.20. The van der Waals surface area contributed by atoms with Crippen LogP contribution in [0.5, 0.6) is 17.2 Å². The molecule has 2 aromatic rings. The average molecular weight is 323 g/mol. The van der Waals surface area contributed by atoms with E-state index in [4.69, 9.17) is 14.2 Å². The molecule has 2 rings (SSSR count). The number of rotatable bonds is 9. The molecule has 0 spiro atoms. The van der Waals surface area contributed by atoms with E-state index in [1.54, 1.807) is 25.5 Å². The maximum atomic E-state index is 5.70. The van der Waals surface area contributed by atoms with Gasteiger partial charge in [-0.25, -0.2) is 0 Å².